The van der Waals surface area contributed by atoms with E-state index in [0.29, 0.717) is 21.9 Å². The maximum absolute atomic E-state index is 12.5. The van der Waals surface area contributed by atoms with E-state index in [9.17, 15) is 9.59 Å². The lowest BCUT2D eigenvalue weighted by Crippen LogP contribution is -2.18. The Morgan fingerprint density at radius 2 is 1.72 bits per heavy atom. The first kappa shape index (κ1) is 21.1. The largest absolute Gasteiger partial charge is 0.302 e. The molecule has 0 fully saturated rings. The summed E-state index contributed by atoms with van der Waals surface area (Å²) in [6.07, 6.45) is 0.130. The second kappa shape index (κ2) is 9.28. The van der Waals surface area contributed by atoms with E-state index in [1.165, 1.54) is 22.7 Å². The highest BCUT2D eigenvalue weighted by Crippen LogP contribution is 2.36. The average molecular weight is 429 g/mol. The highest BCUT2D eigenvalue weighted by atomic mass is 32.1. The van der Waals surface area contributed by atoms with E-state index in [2.05, 4.69) is 34.4 Å². The van der Waals surface area contributed by atoms with Crippen molar-refractivity contribution in [1.82, 2.24) is 9.97 Å². The third-order valence-corrected chi connectivity index (χ3v) is 6.20. The number of anilines is 2. The quantitative estimate of drug-likeness (QED) is 0.544. The number of rotatable bonds is 7. The molecular formula is C21H24N4O2S2. The maximum atomic E-state index is 12.5. The normalized spacial score (nSPS) is 11.1. The molecule has 2 aromatic heterocycles. The predicted octanol–water partition coefficient (Wildman–Crippen LogP) is 5.17. The maximum Gasteiger partial charge on any atom is 0.232 e. The van der Waals surface area contributed by atoms with E-state index in [1.807, 2.05) is 44.2 Å². The fraction of sp³-hybridized carbons (Fsp3) is 0.333. The van der Waals surface area contributed by atoms with Crippen LogP contribution in [0.1, 0.15) is 44.2 Å². The molecule has 29 heavy (non-hydrogen) atoms. The molecule has 0 radical (unpaired) electrons. The lowest BCUT2D eigenvalue weighted by Gasteiger charge is -2.04. The summed E-state index contributed by atoms with van der Waals surface area (Å²) in [5.74, 6) is -0.0861. The molecule has 152 valence electrons. The standard InChI is InChI=1S/C21H24N4O2S2/c1-12(2)18-17(14-8-6-5-7-9-14)24-21(29-18)23-16(26)10-15-11-28-20(22-15)25-19(27)13(3)4/h5-9,11-13H,10H2,1-4H3,(H,22,25,27)(H,23,24,26). The topological polar surface area (TPSA) is 84.0 Å². The molecular weight excluding hydrogens is 404 g/mol. The zero-order valence-electron chi connectivity index (χ0n) is 16.9. The Balaban J connectivity index is 1.68. The van der Waals surface area contributed by atoms with Gasteiger partial charge in [-0.2, -0.15) is 0 Å². The second-order valence-electron chi connectivity index (χ2n) is 7.27. The summed E-state index contributed by atoms with van der Waals surface area (Å²) in [4.78, 5) is 34.4. The van der Waals surface area contributed by atoms with Crippen LogP contribution in [0, 0.1) is 5.92 Å². The van der Waals surface area contributed by atoms with E-state index in [-0.39, 0.29) is 24.2 Å². The fourth-order valence-electron chi connectivity index (χ4n) is 2.60. The van der Waals surface area contributed by atoms with Gasteiger partial charge in [0.15, 0.2) is 10.3 Å². The minimum Gasteiger partial charge on any atom is -0.302 e. The molecule has 0 aliphatic rings. The Labute approximate surface area is 178 Å². The second-order valence-corrected chi connectivity index (χ2v) is 9.15. The minimum absolute atomic E-state index is 0.0900. The third kappa shape index (κ3) is 5.48. The number of thiazole rings is 2. The summed E-state index contributed by atoms with van der Waals surface area (Å²) >= 11 is 2.82. The van der Waals surface area contributed by atoms with E-state index >= 15 is 0 Å². The highest BCUT2D eigenvalue weighted by molar-refractivity contribution is 7.16. The number of carbonyl (C=O) groups excluding carboxylic acids is 2. The van der Waals surface area contributed by atoms with Crippen molar-refractivity contribution in [3.8, 4) is 11.3 Å². The Morgan fingerprint density at radius 1 is 1.00 bits per heavy atom. The Hall–Kier alpha value is -2.58. The molecule has 8 heteroatoms. The van der Waals surface area contributed by atoms with E-state index in [0.717, 1.165) is 16.1 Å². The molecule has 2 N–H and O–H groups in total. The van der Waals surface area contributed by atoms with E-state index < -0.39 is 0 Å². The number of amides is 2. The van der Waals surface area contributed by atoms with Gasteiger partial charge >= 0.3 is 0 Å². The first-order chi connectivity index (χ1) is 13.8. The van der Waals surface area contributed by atoms with Crippen LogP contribution in [0.5, 0.6) is 0 Å². The first-order valence-electron chi connectivity index (χ1n) is 9.44. The lowest BCUT2D eigenvalue weighted by atomic mass is 10.1. The highest BCUT2D eigenvalue weighted by Gasteiger charge is 2.18. The third-order valence-electron chi connectivity index (χ3n) is 4.12. The molecule has 0 aliphatic carbocycles. The summed E-state index contributed by atoms with van der Waals surface area (Å²) in [7, 11) is 0. The zero-order valence-corrected chi connectivity index (χ0v) is 18.5. The van der Waals surface area contributed by atoms with Crippen molar-refractivity contribution < 1.29 is 9.59 Å². The summed E-state index contributed by atoms with van der Waals surface area (Å²) in [5.41, 5.74) is 2.57. The molecule has 0 spiro atoms. The van der Waals surface area contributed by atoms with Crippen LogP contribution in [0.4, 0.5) is 10.3 Å². The van der Waals surface area contributed by atoms with E-state index in [4.69, 9.17) is 0 Å². The van der Waals surface area contributed by atoms with Crippen molar-refractivity contribution >= 4 is 44.8 Å². The van der Waals surface area contributed by atoms with Gasteiger partial charge in [-0.25, -0.2) is 9.97 Å². The van der Waals surface area contributed by atoms with Gasteiger partial charge in [0.05, 0.1) is 17.8 Å². The summed E-state index contributed by atoms with van der Waals surface area (Å²) in [6.45, 7) is 7.88. The number of hydrogen-bond acceptors (Lipinski definition) is 6. The van der Waals surface area contributed by atoms with Crippen LogP contribution in [0.2, 0.25) is 0 Å². The summed E-state index contributed by atoms with van der Waals surface area (Å²) in [5, 5.41) is 8.52. The number of benzene rings is 1. The van der Waals surface area contributed by atoms with Crippen LogP contribution in [-0.4, -0.2) is 21.8 Å². The molecule has 0 atom stereocenters. The van der Waals surface area contributed by atoms with Gasteiger partial charge in [-0.3, -0.25) is 9.59 Å². The molecule has 1 aromatic carbocycles. The first-order valence-corrected chi connectivity index (χ1v) is 11.1. The summed E-state index contributed by atoms with van der Waals surface area (Å²) in [6, 6.07) is 9.98. The molecule has 2 heterocycles. The van der Waals surface area contributed by atoms with Crippen LogP contribution in [-0.2, 0) is 16.0 Å². The molecule has 0 saturated heterocycles. The van der Waals surface area contributed by atoms with Gasteiger partial charge in [-0.15, -0.1) is 22.7 Å². The Morgan fingerprint density at radius 3 is 2.38 bits per heavy atom. The van der Waals surface area contributed by atoms with Gasteiger partial charge in [-0.05, 0) is 5.92 Å². The van der Waals surface area contributed by atoms with Crippen molar-refractivity contribution in [2.75, 3.05) is 10.6 Å². The van der Waals surface area contributed by atoms with Gasteiger partial charge in [0.2, 0.25) is 11.8 Å². The Kier molecular flexibility index (Phi) is 6.76. The molecule has 2 amide bonds. The lowest BCUT2D eigenvalue weighted by molar-refractivity contribution is -0.119. The van der Waals surface area contributed by atoms with E-state index in [1.54, 1.807) is 5.38 Å². The predicted molar refractivity (Wildman–Crippen MR) is 120 cm³/mol. The summed E-state index contributed by atoms with van der Waals surface area (Å²) < 4.78 is 0. The minimum atomic E-state index is -0.180. The van der Waals surface area contributed by atoms with Gasteiger partial charge in [0.25, 0.3) is 0 Å². The van der Waals surface area contributed by atoms with Gasteiger partial charge in [0.1, 0.15) is 0 Å². The molecule has 0 aliphatic heterocycles. The van der Waals surface area contributed by atoms with Crippen LogP contribution in [0.15, 0.2) is 35.7 Å². The number of nitrogens with one attached hydrogen (secondary N) is 2. The van der Waals surface area contributed by atoms with Crippen molar-refractivity contribution in [2.24, 2.45) is 5.92 Å². The van der Waals surface area contributed by atoms with Crippen molar-refractivity contribution in [3.63, 3.8) is 0 Å². The SMILES string of the molecule is CC(C)C(=O)Nc1nc(CC(=O)Nc2nc(-c3ccccc3)c(C(C)C)s2)cs1. The van der Waals surface area contributed by atoms with Crippen molar-refractivity contribution in [1.29, 1.82) is 0 Å². The molecule has 3 aromatic rings. The average Bonchev–Trinajstić information content (AvgIpc) is 3.29. The fourth-order valence-corrected chi connectivity index (χ4v) is 4.32. The van der Waals surface area contributed by atoms with Gasteiger partial charge in [-0.1, -0.05) is 58.0 Å². The Bertz CT molecular complexity index is 993. The van der Waals surface area contributed by atoms with Crippen molar-refractivity contribution in [2.45, 2.75) is 40.0 Å². The molecule has 0 unspecified atom stereocenters. The van der Waals surface area contributed by atoms with Gasteiger partial charge in [0, 0.05) is 21.7 Å². The molecule has 0 bridgehead atoms. The van der Waals surface area contributed by atoms with Crippen LogP contribution in [0.25, 0.3) is 11.3 Å². The number of aromatic nitrogens is 2. The smallest absolute Gasteiger partial charge is 0.232 e. The number of hydrogen-bond donors (Lipinski definition) is 2. The molecule has 6 nitrogen and oxygen atoms in total. The molecule has 3 rings (SSSR count). The van der Waals surface area contributed by atoms with Crippen LogP contribution >= 0.6 is 22.7 Å². The van der Waals surface area contributed by atoms with Crippen LogP contribution < -0.4 is 10.6 Å². The zero-order chi connectivity index (χ0) is 21.0. The van der Waals surface area contributed by atoms with Crippen molar-refractivity contribution in [3.05, 3.63) is 46.3 Å². The van der Waals surface area contributed by atoms with Gasteiger partial charge < -0.3 is 10.6 Å². The number of carbonyl (C=O) groups is 2. The monoisotopic (exact) mass is 428 g/mol. The number of nitrogens with zero attached hydrogens (tertiary/aromatic N) is 2. The van der Waals surface area contributed by atoms with Crippen LogP contribution in [0.3, 0.4) is 0 Å². The molecule has 0 saturated carbocycles.